The van der Waals surface area contributed by atoms with Gasteiger partial charge in [-0.25, -0.2) is 0 Å². The van der Waals surface area contributed by atoms with Gasteiger partial charge in [0.1, 0.15) is 23.3 Å². The SMILES string of the molecule is C=CCCCOC(=O)[C@H]1[C@H]2C(=O)N([C@H](C)CO)C(C(=O)N(CC=C)c3ccc(OC)cc3)C23CC(C)[C@]1(C)O3. The number of carbonyl (C=O) groups excluding carboxylic acids is 3. The van der Waals surface area contributed by atoms with E-state index in [-0.39, 0.29) is 37.5 Å². The molecule has 3 fully saturated rings. The molecule has 9 nitrogen and oxygen atoms in total. The topological polar surface area (TPSA) is 106 Å². The molecule has 1 aromatic rings. The molecule has 1 aromatic carbocycles. The molecule has 2 amide bonds. The van der Waals surface area contributed by atoms with E-state index in [1.54, 1.807) is 55.4 Å². The fraction of sp³-hybridized carbons (Fsp3) is 0.567. The number of hydrogen-bond donors (Lipinski definition) is 1. The molecule has 0 saturated carbocycles. The quantitative estimate of drug-likeness (QED) is 0.247. The summed E-state index contributed by atoms with van der Waals surface area (Å²) in [6.07, 6.45) is 5.14. The second kappa shape index (κ2) is 11.1. The maximum absolute atomic E-state index is 14.5. The van der Waals surface area contributed by atoms with E-state index < -0.39 is 41.1 Å². The molecule has 0 aliphatic carbocycles. The minimum Gasteiger partial charge on any atom is -0.497 e. The number of likely N-dealkylation sites (tertiary alicyclic amines) is 1. The maximum Gasteiger partial charge on any atom is 0.312 e. The molecule has 3 aliphatic heterocycles. The summed E-state index contributed by atoms with van der Waals surface area (Å²) in [5.41, 5.74) is -1.59. The van der Waals surface area contributed by atoms with Crippen molar-refractivity contribution >= 4 is 23.5 Å². The molecule has 4 rings (SSSR count). The Morgan fingerprint density at radius 3 is 2.56 bits per heavy atom. The Bertz CT molecular complexity index is 1120. The molecule has 3 aliphatic rings. The number of nitrogens with zero attached hydrogens (tertiary/aromatic N) is 2. The molecule has 7 atom stereocenters. The summed E-state index contributed by atoms with van der Waals surface area (Å²) in [6, 6.07) is 5.35. The molecular weight excluding hydrogens is 500 g/mol. The van der Waals surface area contributed by atoms with Crippen molar-refractivity contribution in [2.75, 3.05) is 31.8 Å². The highest BCUT2D eigenvalue weighted by Crippen LogP contribution is 2.65. The Kier molecular flexibility index (Phi) is 8.23. The van der Waals surface area contributed by atoms with Crippen molar-refractivity contribution in [1.82, 2.24) is 4.90 Å². The van der Waals surface area contributed by atoms with Gasteiger partial charge in [-0.05, 0) is 63.3 Å². The number of hydrogen-bond acceptors (Lipinski definition) is 7. The molecule has 212 valence electrons. The molecule has 3 unspecified atom stereocenters. The normalized spacial score (nSPS) is 31.5. The van der Waals surface area contributed by atoms with Crippen molar-refractivity contribution in [2.24, 2.45) is 17.8 Å². The summed E-state index contributed by atoms with van der Waals surface area (Å²) in [5.74, 6) is -2.44. The lowest BCUT2D eigenvalue weighted by Gasteiger charge is -2.38. The summed E-state index contributed by atoms with van der Waals surface area (Å²) < 4.78 is 17.6. The van der Waals surface area contributed by atoms with Crippen molar-refractivity contribution in [3.05, 3.63) is 49.6 Å². The van der Waals surface area contributed by atoms with Gasteiger partial charge in [-0.15, -0.1) is 13.2 Å². The van der Waals surface area contributed by atoms with Crippen LogP contribution in [0.3, 0.4) is 0 Å². The third kappa shape index (κ3) is 4.55. The van der Waals surface area contributed by atoms with Gasteiger partial charge in [0, 0.05) is 12.2 Å². The Balaban J connectivity index is 1.77. The van der Waals surface area contributed by atoms with Gasteiger partial charge < -0.3 is 29.1 Å². The first kappa shape index (κ1) is 28.8. The predicted octanol–water partition coefficient (Wildman–Crippen LogP) is 3.12. The third-order valence-electron chi connectivity index (χ3n) is 8.74. The molecule has 3 heterocycles. The highest BCUT2D eigenvalue weighted by Gasteiger charge is 2.80. The summed E-state index contributed by atoms with van der Waals surface area (Å²) in [6.45, 7) is 13.1. The highest BCUT2D eigenvalue weighted by atomic mass is 16.6. The van der Waals surface area contributed by atoms with E-state index in [1.807, 2.05) is 13.8 Å². The number of anilines is 1. The summed E-state index contributed by atoms with van der Waals surface area (Å²) in [7, 11) is 1.57. The van der Waals surface area contributed by atoms with Crippen LogP contribution >= 0.6 is 0 Å². The molecule has 1 spiro atoms. The van der Waals surface area contributed by atoms with E-state index in [4.69, 9.17) is 14.2 Å². The van der Waals surface area contributed by atoms with Gasteiger partial charge in [-0.1, -0.05) is 19.1 Å². The van der Waals surface area contributed by atoms with Crippen LogP contribution in [0.1, 0.15) is 40.0 Å². The van der Waals surface area contributed by atoms with Crippen LogP contribution < -0.4 is 9.64 Å². The van der Waals surface area contributed by atoms with Crippen LogP contribution in [0.4, 0.5) is 5.69 Å². The van der Waals surface area contributed by atoms with Gasteiger partial charge in [0.05, 0.1) is 37.9 Å². The standard InChI is InChI=1S/C30H40N2O7/c1-7-9-10-16-38-28(36)24-23-26(34)32(20(4)18-33)25(30(23)17-19(3)29(24,5)39-30)27(35)31(15-8-2)21-11-13-22(37-6)14-12-21/h7-8,11-14,19-20,23-25,33H,1-2,9-10,15-18H2,3-6H3/t19?,20-,23+,24-,25?,29+,30?/m1/s1. The molecule has 0 aromatic heterocycles. The van der Waals surface area contributed by atoms with Crippen molar-refractivity contribution in [3.8, 4) is 5.75 Å². The second-order valence-electron chi connectivity index (χ2n) is 11.0. The summed E-state index contributed by atoms with van der Waals surface area (Å²) >= 11 is 0. The molecule has 2 bridgehead atoms. The van der Waals surface area contributed by atoms with Crippen LogP contribution in [0.2, 0.25) is 0 Å². The Morgan fingerprint density at radius 1 is 1.28 bits per heavy atom. The van der Waals surface area contributed by atoms with E-state index in [2.05, 4.69) is 13.2 Å². The van der Waals surface area contributed by atoms with Gasteiger partial charge >= 0.3 is 5.97 Å². The van der Waals surface area contributed by atoms with Gasteiger partial charge in [0.15, 0.2) is 0 Å². The zero-order valence-corrected chi connectivity index (χ0v) is 23.3. The van der Waals surface area contributed by atoms with Crippen molar-refractivity contribution in [3.63, 3.8) is 0 Å². The predicted molar refractivity (Wildman–Crippen MR) is 146 cm³/mol. The van der Waals surface area contributed by atoms with Crippen molar-refractivity contribution in [2.45, 2.75) is 63.3 Å². The van der Waals surface area contributed by atoms with E-state index >= 15 is 0 Å². The number of fused-ring (bicyclic) bond motifs is 1. The van der Waals surface area contributed by atoms with E-state index in [0.717, 1.165) is 0 Å². The van der Waals surface area contributed by atoms with E-state index in [0.29, 0.717) is 30.7 Å². The summed E-state index contributed by atoms with van der Waals surface area (Å²) in [5, 5.41) is 10.1. The number of aliphatic hydroxyl groups excluding tert-OH is 1. The smallest absolute Gasteiger partial charge is 0.312 e. The fourth-order valence-electron chi connectivity index (χ4n) is 6.73. The van der Waals surface area contributed by atoms with Gasteiger partial charge in [-0.3, -0.25) is 14.4 Å². The van der Waals surface area contributed by atoms with Gasteiger partial charge in [0.25, 0.3) is 5.91 Å². The van der Waals surface area contributed by atoms with E-state index in [9.17, 15) is 19.5 Å². The van der Waals surface area contributed by atoms with Crippen molar-refractivity contribution in [1.29, 1.82) is 0 Å². The number of methoxy groups -OCH3 is 1. The summed E-state index contributed by atoms with van der Waals surface area (Å²) in [4.78, 5) is 45.1. The largest absolute Gasteiger partial charge is 0.497 e. The van der Waals surface area contributed by atoms with Crippen LogP contribution in [-0.4, -0.2) is 77.9 Å². The van der Waals surface area contributed by atoms with Crippen LogP contribution in [-0.2, 0) is 23.9 Å². The number of carbonyl (C=O) groups is 3. The number of aliphatic hydroxyl groups is 1. The van der Waals surface area contributed by atoms with Crippen LogP contribution in [0.15, 0.2) is 49.6 Å². The first-order valence-electron chi connectivity index (χ1n) is 13.6. The second-order valence-corrected chi connectivity index (χ2v) is 11.0. The van der Waals surface area contributed by atoms with E-state index in [1.165, 1.54) is 4.90 Å². The monoisotopic (exact) mass is 540 g/mol. The maximum atomic E-state index is 14.5. The number of ether oxygens (including phenoxy) is 3. The Labute approximate surface area is 230 Å². The molecule has 1 N–H and O–H groups in total. The number of benzene rings is 1. The average molecular weight is 541 g/mol. The first-order valence-corrected chi connectivity index (χ1v) is 13.6. The Morgan fingerprint density at radius 2 is 1.97 bits per heavy atom. The number of rotatable bonds is 12. The Hall–Kier alpha value is -3.17. The number of amides is 2. The molecular formula is C30H40N2O7. The fourth-order valence-corrected chi connectivity index (χ4v) is 6.73. The number of esters is 1. The van der Waals surface area contributed by atoms with Crippen molar-refractivity contribution < 1.29 is 33.7 Å². The number of unbranched alkanes of at least 4 members (excludes halogenated alkanes) is 1. The number of allylic oxidation sites excluding steroid dienone is 1. The minimum absolute atomic E-state index is 0.110. The zero-order valence-electron chi connectivity index (χ0n) is 23.3. The third-order valence-corrected chi connectivity index (χ3v) is 8.74. The molecule has 39 heavy (non-hydrogen) atoms. The van der Waals surface area contributed by atoms with Crippen LogP contribution in [0, 0.1) is 17.8 Å². The lowest BCUT2D eigenvalue weighted by Crippen LogP contribution is -2.58. The lowest BCUT2D eigenvalue weighted by atomic mass is 9.62. The van der Waals surface area contributed by atoms with Crippen LogP contribution in [0.25, 0.3) is 0 Å². The molecule has 9 heteroatoms. The van der Waals surface area contributed by atoms with Crippen LogP contribution in [0.5, 0.6) is 5.75 Å². The zero-order chi connectivity index (χ0) is 28.5. The first-order chi connectivity index (χ1) is 18.6. The van der Waals surface area contributed by atoms with Gasteiger partial charge in [-0.2, -0.15) is 0 Å². The lowest BCUT2D eigenvalue weighted by molar-refractivity contribution is -0.162. The van der Waals surface area contributed by atoms with Gasteiger partial charge in [0.2, 0.25) is 5.91 Å². The average Bonchev–Trinajstić information content (AvgIpc) is 3.45. The molecule has 0 radical (unpaired) electrons. The minimum atomic E-state index is -1.23. The highest BCUT2D eigenvalue weighted by molar-refractivity contribution is 6.05. The molecule has 3 saturated heterocycles.